The number of sulfone groups is 1. The fourth-order valence-electron chi connectivity index (χ4n) is 1.39. The number of carbonyl (C=O) groups is 1. The predicted octanol–water partition coefficient (Wildman–Crippen LogP) is 1.33. The number of anilines is 1. The minimum atomic E-state index is -3.11. The quantitative estimate of drug-likeness (QED) is 0.791. The summed E-state index contributed by atoms with van der Waals surface area (Å²) >= 11 is 5.92. The third kappa shape index (κ3) is 5.75. The second-order valence-electron chi connectivity index (χ2n) is 4.34. The van der Waals surface area contributed by atoms with Crippen molar-refractivity contribution in [3.05, 3.63) is 22.8 Å². The molecule has 0 atom stereocenters. The number of aromatic nitrogens is 1. The van der Waals surface area contributed by atoms with Crippen LogP contribution in [0.4, 0.5) is 5.82 Å². The van der Waals surface area contributed by atoms with Crippen LogP contribution in [0.25, 0.3) is 0 Å². The number of halogens is 1. The highest BCUT2D eigenvalue weighted by Gasteiger charge is 2.13. The normalized spacial score (nSPS) is 11.2. The second kappa shape index (κ2) is 7.44. The summed E-state index contributed by atoms with van der Waals surface area (Å²) in [7, 11) is -3.11. The molecule has 8 heteroatoms. The van der Waals surface area contributed by atoms with Gasteiger partial charge in [0.2, 0.25) is 0 Å². The van der Waals surface area contributed by atoms with E-state index >= 15 is 0 Å². The van der Waals surface area contributed by atoms with E-state index in [1.54, 1.807) is 12.1 Å². The van der Waals surface area contributed by atoms with Gasteiger partial charge in [0, 0.05) is 19.3 Å². The predicted molar refractivity (Wildman–Crippen MR) is 80.1 cm³/mol. The lowest BCUT2D eigenvalue weighted by Crippen LogP contribution is -2.29. The number of hydrogen-bond acceptors (Lipinski definition) is 5. The van der Waals surface area contributed by atoms with E-state index in [1.807, 2.05) is 6.92 Å². The molecule has 0 aliphatic heterocycles. The van der Waals surface area contributed by atoms with Crippen LogP contribution < -0.4 is 10.6 Å². The standard InChI is InChI=1S/C12H18ClN3O3S/c1-3-6-14-10-5-4-9(13)11(16-10)12(17)15-7-8-20(2,18)19/h4-5H,3,6-8H2,1-2H3,(H,14,16)(H,15,17). The maximum absolute atomic E-state index is 11.9. The molecule has 0 aliphatic rings. The summed E-state index contributed by atoms with van der Waals surface area (Å²) in [5.74, 6) is -0.0484. The van der Waals surface area contributed by atoms with Crippen LogP contribution in [0.3, 0.4) is 0 Å². The van der Waals surface area contributed by atoms with Crippen molar-refractivity contribution in [1.82, 2.24) is 10.3 Å². The summed E-state index contributed by atoms with van der Waals surface area (Å²) in [6, 6.07) is 3.27. The van der Waals surface area contributed by atoms with Crippen LogP contribution >= 0.6 is 11.6 Å². The van der Waals surface area contributed by atoms with Gasteiger partial charge < -0.3 is 10.6 Å². The van der Waals surface area contributed by atoms with E-state index in [4.69, 9.17) is 11.6 Å². The first-order valence-corrected chi connectivity index (χ1v) is 8.63. The Morgan fingerprint density at radius 3 is 2.65 bits per heavy atom. The molecule has 0 saturated heterocycles. The topological polar surface area (TPSA) is 88.2 Å². The summed E-state index contributed by atoms with van der Waals surface area (Å²) in [6.45, 7) is 2.79. The molecule has 0 saturated carbocycles. The molecule has 6 nitrogen and oxygen atoms in total. The Labute approximate surface area is 123 Å². The lowest BCUT2D eigenvalue weighted by molar-refractivity contribution is 0.0951. The van der Waals surface area contributed by atoms with Gasteiger partial charge >= 0.3 is 0 Å². The van der Waals surface area contributed by atoms with E-state index in [9.17, 15) is 13.2 Å². The number of nitrogens with one attached hydrogen (secondary N) is 2. The molecule has 0 fully saturated rings. The van der Waals surface area contributed by atoms with Gasteiger partial charge in [-0.1, -0.05) is 18.5 Å². The van der Waals surface area contributed by atoms with Crippen LogP contribution in [0.2, 0.25) is 5.02 Å². The van der Waals surface area contributed by atoms with Crippen LogP contribution in [0.15, 0.2) is 12.1 Å². The zero-order chi connectivity index (χ0) is 15.2. The molecule has 112 valence electrons. The molecule has 1 aromatic heterocycles. The molecule has 1 amide bonds. The highest BCUT2D eigenvalue weighted by molar-refractivity contribution is 7.90. The highest BCUT2D eigenvalue weighted by Crippen LogP contribution is 2.16. The van der Waals surface area contributed by atoms with Crippen LogP contribution in [0, 0.1) is 0 Å². The fourth-order valence-corrected chi connectivity index (χ4v) is 2.05. The Hall–Kier alpha value is -1.34. The van der Waals surface area contributed by atoms with E-state index in [2.05, 4.69) is 15.6 Å². The Balaban J connectivity index is 2.71. The van der Waals surface area contributed by atoms with Crippen LogP contribution in [0.5, 0.6) is 0 Å². The molecule has 20 heavy (non-hydrogen) atoms. The van der Waals surface area contributed by atoms with Gasteiger partial charge in [0.25, 0.3) is 5.91 Å². The zero-order valence-electron chi connectivity index (χ0n) is 11.4. The maximum atomic E-state index is 11.9. The van der Waals surface area contributed by atoms with E-state index in [0.29, 0.717) is 5.82 Å². The Bertz CT molecular complexity index is 575. The van der Waals surface area contributed by atoms with Crippen LogP contribution in [-0.2, 0) is 9.84 Å². The molecule has 2 N–H and O–H groups in total. The smallest absolute Gasteiger partial charge is 0.271 e. The number of carbonyl (C=O) groups excluding carboxylic acids is 1. The average molecular weight is 320 g/mol. The fraction of sp³-hybridized carbons (Fsp3) is 0.500. The Kier molecular flexibility index (Phi) is 6.22. The van der Waals surface area contributed by atoms with Gasteiger partial charge in [-0.25, -0.2) is 13.4 Å². The molecular formula is C12H18ClN3O3S. The zero-order valence-corrected chi connectivity index (χ0v) is 13.0. The number of rotatable bonds is 7. The van der Waals surface area contributed by atoms with Gasteiger partial charge in [0.1, 0.15) is 21.3 Å². The van der Waals surface area contributed by atoms with Crippen molar-refractivity contribution in [2.45, 2.75) is 13.3 Å². The highest BCUT2D eigenvalue weighted by atomic mass is 35.5. The van der Waals surface area contributed by atoms with Gasteiger partial charge in [-0.05, 0) is 18.6 Å². The summed E-state index contributed by atoms with van der Waals surface area (Å²) in [4.78, 5) is 16.0. The lowest BCUT2D eigenvalue weighted by atomic mass is 10.3. The summed E-state index contributed by atoms with van der Waals surface area (Å²) in [5.41, 5.74) is 0.0845. The first-order chi connectivity index (χ1) is 9.33. The minimum absolute atomic E-state index is 0.0301. The van der Waals surface area contributed by atoms with Gasteiger partial charge in [-0.2, -0.15) is 0 Å². The molecule has 0 aromatic carbocycles. The largest absolute Gasteiger partial charge is 0.370 e. The number of nitrogens with zero attached hydrogens (tertiary/aromatic N) is 1. The first kappa shape index (κ1) is 16.7. The molecule has 0 radical (unpaired) electrons. The van der Waals surface area contributed by atoms with Gasteiger partial charge in [0.05, 0.1) is 10.8 Å². The number of amides is 1. The van der Waals surface area contributed by atoms with E-state index in [-0.39, 0.29) is 23.0 Å². The third-order valence-corrected chi connectivity index (χ3v) is 3.63. The summed E-state index contributed by atoms with van der Waals surface area (Å²) in [5, 5.41) is 5.76. The maximum Gasteiger partial charge on any atom is 0.271 e. The van der Waals surface area contributed by atoms with Crippen molar-refractivity contribution in [1.29, 1.82) is 0 Å². The molecule has 0 spiro atoms. The lowest BCUT2D eigenvalue weighted by Gasteiger charge is -2.08. The van der Waals surface area contributed by atoms with Crippen molar-refractivity contribution in [3.63, 3.8) is 0 Å². The monoisotopic (exact) mass is 319 g/mol. The van der Waals surface area contributed by atoms with Crippen molar-refractivity contribution in [3.8, 4) is 0 Å². The Morgan fingerprint density at radius 2 is 2.05 bits per heavy atom. The summed E-state index contributed by atoms with van der Waals surface area (Å²) < 4.78 is 22.0. The van der Waals surface area contributed by atoms with E-state index in [1.165, 1.54) is 0 Å². The van der Waals surface area contributed by atoms with Gasteiger partial charge in [0.15, 0.2) is 0 Å². The molecule has 0 aliphatic carbocycles. The molecule has 1 aromatic rings. The van der Waals surface area contributed by atoms with Crippen molar-refractivity contribution >= 4 is 33.2 Å². The molecule has 1 heterocycles. The minimum Gasteiger partial charge on any atom is -0.370 e. The number of hydrogen-bond donors (Lipinski definition) is 2. The molecule has 0 bridgehead atoms. The molecular weight excluding hydrogens is 302 g/mol. The van der Waals surface area contributed by atoms with Gasteiger partial charge in [-0.15, -0.1) is 0 Å². The average Bonchev–Trinajstić information content (AvgIpc) is 2.36. The Morgan fingerprint density at radius 1 is 1.35 bits per heavy atom. The van der Waals surface area contributed by atoms with Crippen LogP contribution in [0.1, 0.15) is 23.8 Å². The summed E-state index contributed by atoms with van der Waals surface area (Å²) in [6.07, 6.45) is 2.04. The van der Waals surface area contributed by atoms with Crippen molar-refractivity contribution in [2.24, 2.45) is 0 Å². The van der Waals surface area contributed by atoms with E-state index in [0.717, 1.165) is 19.2 Å². The van der Waals surface area contributed by atoms with Crippen molar-refractivity contribution < 1.29 is 13.2 Å². The van der Waals surface area contributed by atoms with E-state index < -0.39 is 15.7 Å². The molecule has 0 unspecified atom stereocenters. The van der Waals surface area contributed by atoms with Crippen LogP contribution in [-0.4, -0.2) is 44.4 Å². The van der Waals surface area contributed by atoms with Gasteiger partial charge in [-0.3, -0.25) is 4.79 Å². The SMILES string of the molecule is CCCNc1ccc(Cl)c(C(=O)NCCS(C)(=O)=O)n1. The molecule has 1 rings (SSSR count). The van der Waals surface area contributed by atoms with Crippen molar-refractivity contribution in [2.75, 3.05) is 30.4 Å². The second-order valence-corrected chi connectivity index (χ2v) is 7.01. The number of pyridine rings is 1. The first-order valence-electron chi connectivity index (χ1n) is 6.20. The third-order valence-electron chi connectivity index (χ3n) is 2.38.